The molecule has 0 aliphatic carbocycles. The summed E-state index contributed by atoms with van der Waals surface area (Å²) in [5.74, 6) is -0.0801. The topological polar surface area (TPSA) is 81.8 Å². The van der Waals surface area contributed by atoms with Gasteiger partial charge in [0.1, 0.15) is 0 Å². The first-order valence-electron chi connectivity index (χ1n) is 7.81. The van der Waals surface area contributed by atoms with E-state index in [4.69, 9.17) is 11.6 Å². The van der Waals surface area contributed by atoms with Gasteiger partial charge < -0.3 is 5.32 Å². The van der Waals surface area contributed by atoms with Gasteiger partial charge in [-0.3, -0.25) is 19.0 Å². The zero-order chi connectivity index (χ0) is 17.9. The Labute approximate surface area is 146 Å². The lowest BCUT2D eigenvalue weighted by Gasteiger charge is -2.14. The van der Waals surface area contributed by atoms with Crippen LogP contribution < -0.4 is 5.32 Å². The highest BCUT2D eigenvalue weighted by Crippen LogP contribution is 2.19. The zero-order valence-electron chi connectivity index (χ0n) is 14.3. The Morgan fingerprint density at radius 1 is 1.38 bits per heavy atom. The van der Waals surface area contributed by atoms with Crippen LogP contribution in [0.4, 0.5) is 0 Å². The molecule has 0 fully saturated rings. The van der Waals surface area contributed by atoms with Crippen molar-refractivity contribution in [2.45, 2.75) is 46.7 Å². The largest absolute Gasteiger partial charge is 0.354 e. The summed E-state index contributed by atoms with van der Waals surface area (Å²) in [7, 11) is 0. The van der Waals surface area contributed by atoms with Crippen LogP contribution in [0.1, 0.15) is 48.1 Å². The maximum atomic E-state index is 12.1. The number of ketones is 1. The Hall–Kier alpha value is -2.15. The second-order valence-corrected chi connectivity index (χ2v) is 6.31. The lowest BCUT2D eigenvalue weighted by Crippen LogP contribution is -2.29. The van der Waals surface area contributed by atoms with E-state index in [1.54, 1.807) is 21.8 Å². The highest BCUT2D eigenvalue weighted by atomic mass is 35.5. The van der Waals surface area contributed by atoms with Gasteiger partial charge in [0.2, 0.25) is 5.91 Å². The molecule has 0 spiro atoms. The monoisotopic (exact) mass is 351 g/mol. The van der Waals surface area contributed by atoms with Crippen molar-refractivity contribution < 1.29 is 9.59 Å². The van der Waals surface area contributed by atoms with E-state index in [0.717, 1.165) is 5.69 Å². The van der Waals surface area contributed by atoms with Crippen LogP contribution in [0.2, 0.25) is 5.02 Å². The number of halogens is 1. The summed E-state index contributed by atoms with van der Waals surface area (Å²) in [6.45, 7) is 8.13. The van der Waals surface area contributed by atoms with Crippen LogP contribution in [0.3, 0.4) is 0 Å². The fourth-order valence-corrected chi connectivity index (χ4v) is 2.96. The third-order valence-corrected chi connectivity index (χ3v) is 4.04. The van der Waals surface area contributed by atoms with E-state index in [1.807, 2.05) is 20.8 Å². The molecule has 1 amide bonds. The molecule has 8 heteroatoms. The quantitative estimate of drug-likeness (QED) is 0.776. The fraction of sp³-hybridized carbons (Fsp3) is 0.500. The first kappa shape index (κ1) is 18.2. The minimum Gasteiger partial charge on any atom is -0.354 e. The summed E-state index contributed by atoms with van der Waals surface area (Å²) in [5, 5.41) is 11.9. The standard InChI is InChI=1S/C16H22ClN5O2/c1-10(22-12(3)16(13(4)23)11(2)20-22)7-15(24)18-5-6-21-9-14(17)8-19-21/h8-10H,5-7H2,1-4H3,(H,18,24)/t10-/m1/s1. The Morgan fingerprint density at radius 2 is 2.08 bits per heavy atom. The van der Waals surface area contributed by atoms with Crippen LogP contribution in [0.5, 0.6) is 0 Å². The maximum Gasteiger partial charge on any atom is 0.222 e. The van der Waals surface area contributed by atoms with Crippen molar-refractivity contribution in [2.24, 2.45) is 0 Å². The number of aromatic nitrogens is 4. The first-order valence-corrected chi connectivity index (χ1v) is 8.18. The molecule has 2 aromatic heterocycles. The maximum absolute atomic E-state index is 12.1. The second kappa shape index (κ2) is 7.61. The molecule has 130 valence electrons. The molecular formula is C16H22ClN5O2. The molecule has 0 bridgehead atoms. The Bertz CT molecular complexity index is 750. The number of carbonyl (C=O) groups is 2. The first-order chi connectivity index (χ1) is 11.3. The van der Waals surface area contributed by atoms with Crippen LogP contribution in [-0.2, 0) is 11.3 Å². The van der Waals surface area contributed by atoms with E-state index in [9.17, 15) is 9.59 Å². The number of carbonyl (C=O) groups excluding carboxylic acids is 2. The molecule has 0 saturated heterocycles. The molecule has 2 heterocycles. The molecule has 7 nitrogen and oxygen atoms in total. The summed E-state index contributed by atoms with van der Waals surface area (Å²) < 4.78 is 3.42. The third kappa shape index (κ3) is 4.23. The average molecular weight is 352 g/mol. The zero-order valence-corrected chi connectivity index (χ0v) is 15.1. The summed E-state index contributed by atoms with van der Waals surface area (Å²) in [4.78, 5) is 23.8. The van der Waals surface area contributed by atoms with Gasteiger partial charge in [0.05, 0.1) is 35.1 Å². The fourth-order valence-electron chi connectivity index (χ4n) is 2.80. The minimum absolute atomic E-state index is 0.00853. The highest BCUT2D eigenvalue weighted by molar-refractivity contribution is 6.30. The number of hydrogen-bond donors (Lipinski definition) is 1. The van der Waals surface area contributed by atoms with Crippen molar-refractivity contribution in [3.8, 4) is 0 Å². The Balaban J connectivity index is 1.89. The molecule has 0 unspecified atom stereocenters. The van der Waals surface area contributed by atoms with Gasteiger partial charge in [-0.25, -0.2) is 0 Å². The van der Waals surface area contributed by atoms with Crippen LogP contribution in [0.25, 0.3) is 0 Å². The molecule has 0 aliphatic heterocycles. The van der Waals surface area contributed by atoms with Crippen molar-refractivity contribution in [3.63, 3.8) is 0 Å². The van der Waals surface area contributed by atoms with E-state index in [-0.39, 0.29) is 17.7 Å². The SMILES string of the molecule is CC(=O)c1c(C)nn([C@H](C)CC(=O)NCCn2cc(Cl)cn2)c1C. The van der Waals surface area contributed by atoms with Gasteiger partial charge in [0.15, 0.2) is 5.78 Å². The van der Waals surface area contributed by atoms with Crippen molar-refractivity contribution in [1.29, 1.82) is 0 Å². The average Bonchev–Trinajstić information content (AvgIpc) is 3.02. The van der Waals surface area contributed by atoms with Crippen LogP contribution in [-0.4, -0.2) is 37.8 Å². The summed E-state index contributed by atoms with van der Waals surface area (Å²) >= 11 is 5.79. The predicted molar refractivity (Wildman–Crippen MR) is 91.3 cm³/mol. The van der Waals surface area contributed by atoms with Gasteiger partial charge in [-0.15, -0.1) is 0 Å². The van der Waals surface area contributed by atoms with Crippen LogP contribution in [0.15, 0.2) is 12.4 Å². The van der Waals surface area contributed by atoms with Gasteiger partial charge in [-0.1, -0.05) is 11.6 Å². The minimum atomic E-state index is -0.129. The molecular weight excluding hydrogens is 330 g/mol. The number of Topliss-reactive ketones (excluding diaryl/α,β-unsaturated/α-hetero) is 1. The molecule has 2 rings (SSSR count). The molecule has 0 saturated carbocycles. The normalized spacial score (nSPS) is 12.2. The smallest absolute Gasteiger partial charge is 0.222 e. The van der Waals surface area contributed by atoms with Gasteiger partial charge in [-0.05, 0) is 27.7 Å². The van der Waals surface area contributed by atoms with Gasteiger partial charge in [0, 0.05) is 24.9 Å². The van der Waals surface area contributed by atoms with Crippen molar-refractivity contribution in [3.05, 3.63) is 34.4 Å². The van der Waals surface area contributed by atoms with Gasteiger partial charge in [-0.2, -0.15) is 10.2 Å². The molecule has 0 aromatic carbocycles. The molecule has 0 radical (unpaired) electrons. The number of amides is 1. The summed E-state index contributed by atoms with van der Waals surface area (Å²) in [5.41, 5.74) is 2.13. The molecule has 24 heavy (non-hydrogen) atoms. The van der Waals surface area contributed by atoms with E-state index in [0.29, 0.717) is 35.8 Å². The van der Waals surface area contributed by atoms with E-state index in [2.05, 4.69) is 15.5 Å². The number of hydrogen-bond acceptors (Lipinski definition) is 4. The molecule has 0 aliphatic rings. The van der Waals surface area contributed by atoms with Gasteiger partial charge >= 0.3 is 0 Å². The lowest BCUT2D eigenvalue weighted by atomic mass is 10.1. The van der Waals surface area contributed by atoms with Crippen molar-refractivity contribution in [2.75, 3.05) is 6.54 Å². The third-order valence-electron chi connectivity index (χ3n) is 3.84. The number of nitrogens with one attached hydrogen (secondary N) is 1. The van der Waals surface area contributed by atoms with E-state index < -0.39 is 0 Å². The summed E-state index contributed by atoms with van der Waals surface area (Å²) in [6.07, 6.45) is 3.55. The number of rotatable bonds is 7. The number of aryl methyl sites for hydroxylation is 1. The van der Waals surface area contributed by atoms with Gasteiger partial charge in [0.25, 0.3) is 0 Å². The van der Waals surface area contributed by atoms with Crippen molar-refractivity contribution in [1.82, 2.24) is 24.9 Å². The molecule has 2 aromatic rings. The highest BCUT2D eigenvalue weighted by Gasteiger charge is 2.20. The van der Waals surface area contributed by atoms with Crippen LogP contribution in [0, 0.1) is 13.8 Å². The summed E-state index contributed by atoms with van der Waals surface area (Å²) in [6, 6.07) is -0.129. The Kier molecular flexibility index (Phi) is 5.77. The second-order valence-electron chi connectivity index (χ2n) is 5.87. The van der Waals surface area contributed by atoms with Crippen LogP contribution >= 0.6 is 11.6 Å². The molecule has 1 atom stereocenters. The number of nitrogens with zero attached hydrogens (tertiary/aromatic N) is 4. The van der Waals surface area contributed by atoms with E-state index >= 15 is 0 Å². The van der Waals surface area contributed by atoms with Crippen molar-refractivity contribution >= 4 is 23.3 Å². The Morgan fingerprint density at radius 3 is 2.62 bits per heavy atom. The molecule has 1 N–H and O–H groups in total. The van der Waals surface area contributed by atoms with E-state index in [1.165, 1.54) is 6.92 Å². The lowest BCUT2D eigenvalue weighted by molar-refractivity contribution is -0.121. The predicted octanol–water partition coefficient (Wildman–Crippen LogP) is 2.32.